The van der Waals surface area contributed by atoms with E-state index in [0.29, 0.717) is 5.41 Å². The van der Waals surface area contributed by atoms with E-state index in [0.717, 1.165) is 6.54 Å². The van der Waals surface area contributed by atoms with Crippen LogP contribution in [-0.4, -0.2) is 42.5 Å². The molecule has 2 aromatic carbocycles. The van der Waals surface area contributed by atoms with E-state index in [-0.39, 0.29) is 0 Å². The van der Waals surface area contributed by atoms with Crippen LogP contribution >= 0.6 is 0 Å². The molecule has 2 aliphatic heterocycles. The van der Waals surface area contributed by atoms with Crippen LogP contribution < -0.4 is 0 Å². The molecule has 0 aromatic heterocycles. The van der Waals surface area contributed by atoms with E-state index in [1.165, 1.54) is 63.1 Å². The Labute approximate surface area is 146 Å². The maximum atomic E-state index is 2.65. The SMILES string of the molecule is c1ccc(CCN2CC3(CCN(Cc4ccccc4)CC3)C2)cc1. The smallest absolute Gasteiger partial charge is 0.0233 e. The predicted molar refractivity (Wildman–Crippen MR) is 100.0 cm³/mol. The highest BCUT2D eigenvalue weighted by atomic mass is 15.2. The van der Waals surface area contributed by atoms with Crippen molar-refractivity contribution in [3.8, 4) is 0 Å². The van der Waals surface area contributed by atoms with Crippen LogP contribution in [0.25, 0.3) is 0 Å². The summed E-state index contributed by atoms with van der Waals surface area (Å²) in [6.45, 7) is 7.51. The lowest BCUT2D eigenvalue weighted by Gasteiger charge is -2.54. The zero-order valence-corrected chi connectivity index (χ0v) is 14.5. The Morgan fingerprint density at radius 1 is 0.708 bits per heavy atom. The minimum atomic E-state index is 0.629. The molecule has 0 radical (unpaired) electrons. The van der Waals surface area contributed by atoms with Crippen molar-refractivity contribution < 1.29 is 0 Å². The average molecular weight is 320 g/mol. The van der Waals surface area contributed by atoms with Crippen molar-refractivity contribution in [3.63, 3.8) is 0 Å². The molecule has 0 aliphatic carbocycles. The second-order valence-corrected chi connectivity index (χ2v) is 7.71. The van der Waals surface area contributed by atoms with Crippen molar-refractivity contribution in [1.29, 1.82) is 0 Å². The lowest BCUT2D eigenvalue weighted by molar-refractivity contribution is -0.0469. The van der Waals surface area contributed by atoms with Crippen molar-refractivity contribution in [1.82, 2.24) is 9.80 Å². The van der Waals surface area contributed by atoms with Gasteiger partial charge in [-0.3, -0.25) is 4.90 Å². The van der Waals surface area contributed by atoms with E-state index in [1.807, 2.05) is 0 Å². The molecular formula is C22H28N2. The Balaban J connectivity index is 1.20. The summed E-state index contributed by atoms with van der Waals surface area (Å²) < 4.78 is 0. The Bertz CT molecular complexity index is 614. The molecule has 2 fully saturated rings. The van der Waals surface area contributed by atoms with Crippen LogP contribution in [0.15, 0.2) is 60.7 Å². The minimum absolute atomic E-state index is 0.629. The van der Waals surface area contributed by atoms with Crippen molar-refractivity contribution >= 4 is 0 Å². The van der Waals surface area contributed by atoms with Gasteiger partial charge in [-0.1, -0.05) is 60.7 Å². The Hall–Kier alpha value is -1.64. The van der Waals surface area contributed by atoms with Gasteiger partial charge in [0.2, 0.25) is 0 Å². The Kier molecular flexibility index (Phi) is 4.68. The topological polar surface area (TPSA) is 6.48 Å². The first-order chi connectivity index (χ1) is 11.8. The van der Waals surface area contributed by atoms with Crippen LogP contribution in [-0.2, 0) is 13.0 Å². The first kappa shape index (κ1) is 15.9. The van der Waals surface area contributed by atoms with Gasteiger partial charge < -0.3 is 4.90 Å². The second-order valence-electron chi connectivity index (χ2n) is 7.71. The summed E-state index contributed by atoms with van der Waals surface area (Å²) in [6.07, 6.45) is 3.94. The molecule has 4 rings (SSSR count). The van der Waals surface area contributed by atoms with Gasteiger partial charge in [-0.25, -0.2) is 0 Å². The van der Waals surface area contributed by atoms with Crippen molar-refractivity contribution in [2.24, 2.45) is 5.41 Å². The van der Waals surface area contributed by atoms with Gasteiger partial charge in [0, 0.05) is 26.2 Å². The fraction of sp³-hybridized carbons (Fsp3) is 0.455. The molecule has 0 unspecified atom stereocenters. The summed E-state index contributed by atoms with van der Waals surface area (Å²) in [7, 11) is 0. The number of piperidine rings is 1. The highest BCUT2D eigenvalue weighted by Gasteiger charge is 2.44. The van der Waals surface area contributed by atoms with E-state index >= 15 is 0 Å². The first-order valence-electron chi connectivity index (χ1n) is 9.34. The lowest BCUT2D eigenvalue weighted by Crippen LogP contribution is -2.60. The molecule has 2 saturated heterocycles. The van der Waals surface area contributed by atoms with E-state index in [1.54, 1.807) is 0 Å². The molecular weight excluding hydrogens is 292 g/mol. The molecule has 2 aliphatic rings. The maximum absolute atomic E-state index is 2.65. The number of likely N-dealkylation sites (tertiary alicyclic amines) is 2. The first-order valence-corrected chi connectivity index (χ1v) is 9.34. The van der Waals surface area contributed by atoms with E-state index in [2.05, 4.69) is 70.5 Å². The highest BCUT2D eigenvalue weighted by molar-refractivity contribution is 5.16. The number of hydrogen-bond acceptors (Lipinski definition) is 2. The zero-order valence-electron chi connectivity index (χ0n) is 14.5. The van der Waals surface area contributed by atoms with Crippen LogP contribution in [0.1, 0.15) is 24.0 Å². The molecule has 2 nitrogen and oxygen atoms in total. The van der Waals surface area contributed by atoms with Gasteiger partial charge in [0.1, 0.15) is 0 Å². The zero-order chi connectivity index (χ0) is 16.2. The van der Waals surface area contributed by atoms with Crippen LogP contribution in [0.5, 0.6) is 0 Å². The Morgan fingerprint density at radius 3 is 1.92 bits per heavy atom. The molecule has 1 spiro atoms. The molecule has 0 saturated carbocycles. The van der Waals surface area contributed by atoms with E-state index in [9.17, 15) is 0 Å². The summed E-state index contributed by atoms with van der Waals surface area (Å²) in [5.74, 6) is 0. The fourth-order valence-electron chi connectivity index (χ4n) is 4.34. The molecule has 2 aromatic rings. The second kappa shape index (κ2) is 7.08. The standard InChI is InChI=1S/C22H28N2/c1-3-7-20(8-4-1)11-14-24-18-22(19-24)12-15-23(16-13-22)17-21-9-5-2-6-10-21/h1-10H,11-19H2. The predicted octanol–water partition coefficient (Wildman–Crippen LogP) is 3.83. The van der Waals surface area contributed by atoms with Gasteiger partial charge in [0.05, 0.1) is 0 Å². The van der Waals surface area contributed by atoms with Crippen molar-refractivity contribution in [2.75, 3.05) is 32.7 Å². The number of benzene rings is 2. The van der Waals surface area contributed by atoms with Gasteiger partial charge in [-0.2, -0.15) is 0 Å². The molecule has 2 heteroatoms. The summed E-state index contributed by atoms with van der Waals surface area (Å²) in [5, 5.41) is 0. The largest absolute Gasteiger partial charge is 0.302 e. The third-order valence-corrected chi connectivity index (χ3v) is 5.84. The number of hydrogen-bond donors (Lipinski definition) is 0. The molecule has 0 atom stereocenters. The van der Waals surface area contributed by atoms with Gasteiger partial charge in [-0.15, -0.1) is 0 Å². The van der Waals surface area contributed by atoms with Crippen LogP contribution in [0.2, 0.25) is 0 Å². The lowest BCUT2D eigenvalue weighted by atomic mass is 9.72. The monoisotopic (exact) mass is 320 g/mol. The summed E-state index contributed by atoms with van der Waals surface area (Å²) in [5.41, 5.74) is 3.55. The quantitative estimate of drug-likeness (QED) is 0.826. The number of rotatable bonds is 5. The third-order valence-electron chi connectivity index (χ3n) is 5.84. The average Bonchev–Trinajstić information content (AvgIpc) is 2.61. The van der Waals surface area contributed by atoms with E-state index < -0.39 is 0 Å². The molecule has 0 bridgehead atoms. The summed E-state index contributed by atoms with van der Waals surface area (Å²) in [6, 6.07) is 21.8. The third kappa shape index (κ3) is 3.71. The Morgan fingerprint density at radius 2 is 1.29 bits per heavy atom. The van der Waals surface area contributed by atoms with Gasteiger partial charge in [0.15, 0.2) is 0 Å². The van der Waals surface area contributed by atoms with Gasteiger partial charge in [-0.05, 0) is 48.9 Å². The molecule has 2 heterocycles. The van der Waals surface area contributed by atoms with Crippen LogP contribution in [0.4, 0.5) is 0 Å². The summed E-state index contributed by atoms with van der Waals surface area (Å²) >= 11 is 0. The van der Waals surface area contributed by atoms with Crippen LogP contribution in [0, 0.1) is 5.41 Å². The molecule has 24 heavy (non-hydrogen) atoms. The number of nitrogens with zero attached hydrogens (tertiary/aromatic N) is 2. The van der Waals surface area contributed by atoms with Crippen molar-refractivity contribution in [3.05, 3.63) is 71.8 Å². The van der Waals surface area contributed by atoms with Crippen molar-refractivity contribution in [2.45, 2.75) is 25.8 Å². The normalized spacial score (nSPS) is 20.8. The van der Waals surface area contributed by atoms with Crippen LogP contribution in [0.3, 0.4) is 0 Å². The summed E-state index contributed by atoms with van der Waals surface area (Å²) in [4.78, 5) is 5.28. The van der Waals surface area contributed by atoms with Gasteiger partial charge in [0.25, 0.3) is 0 Å². The van der Waals surface area contributed by atoms with Gasteiger partial charge >= 0.3 is 0 Å². The molecule has 0 amide bonds. The maximum Gasteiger partial charge on any atom is 0.0233 e. The highest BCUT2D eigenvalue weighted by Crippen LogP contribution is 2.40. The van der Waals surface area contributed by atoms with E-state index in [4.69, 9.17) is 0 Å². The molecule has 0 N–H and O–H groups in total. The molecule has 126 valence electrons. The minimum Gasteiger partial charge on any atom is -0.302 e. The fourth-order valence-corrected chi connectivity index (χ4v) is 4.34.